The number of hydrogen-bond donors (Lipinski definition) is 0. The van der Waals surface area contributed by atoms with Gasteiger partial charge in [-0.3, -0.25) is 4.98 Å². The molecule has 1 aromatic heterocycles. The first kappa shape index (κ1) is 17.0. The van der Waals surface area contributed by atoms with E-state index >= 15 is 0 Å². The number of pyridine rings is 1. The minimum atomic E-state index is 0.783. The van der Waals surface area contributed by atoms with Crippen LogP contribution in [0.4, 0.5) is 0 Å². The molecule has 128 valence electrons. The predicted molar refractivity (Wildman–Crippen MR) is 101 cm³/mol. The van der Waals surface area contributed by atoms with Crippen LogP contribution >= 0.6 is 0 Å². The maximum atomic E-state index is 5.47. The molecule has 0 fully saturated rings. The molecule has 0 aliphatic rings. The highest BCUT2D eigenvalue weighted by molar-refractivity contribution is 5.43. The Labute approximate surface area is 149 Å². The van der Waals surface area contributed by atoms with Gasteiger partial charge < -0.3 is 9.47 Å². The zero-order valence-corrected chi connectivity index (χ0v) is 15.0. The Morgan fingerprint density at radius 3 is 2.20 bits per heavy atom. The Morgan fingerprint density at radius 2 is 1.56 bits per heavy atom. The number of nitrogens with zero attached hydrogens (tertiary/aromatic N) is 1. The molecule has 0 saturated carbocycles. The zero-order chi connectivity index (χ0) is 17.6. The van der Waals surface area contributed by atoms with Gasteiger partial charge in [-0.2, -0.15) is 0 Å². The predicted octanol–water partition coefficient (Wildman–Crippen LogP) is 4.59. The van der Waals surface area contributed by atoms with Gasteiger partial charge in [0.25, 0.3) is 0 Å². The van der Waals surface area contributed by atoms with E-state index in [1.165, 1.54) is 11.1 Å². The summed E-state index contributed by atoms with van der Waals surface area (Å²) in [4.78, 5) is 4.62. The highest BCUT2D eigenvalue weighted by Crippen LogP contribution is 2.26. The van der Waals surface area contributed by atoms with Crippen molar-refractivity contribution in [1.82, 2.24) is 4.98 Å². The molecule has 0 aliphatic heterocycles. The molecule has 0 atom stereocenters. The molecular formula is C22H23NO2. The van der Waals surface area contributed by atoms with Gasteiger partial charge in [0.05, 0.1) is 14.2 Å². The van der Waals surface area contributed by atoms with Crippen LogP contribution in [0.15, 0.2) is 60.8 Å². The summed E-state index contributed by atoms with van der Waals surface area (Å²) in [6.07, 6.45) is 3.59. The van der Waals surface area contributed by atoms with Crippen LogP contribution in [0.3, 0.4) is 0 Å². The van der Waals surface area contributed by atoms with Crippen molar-refractivity contribution in [1.29, 1.82) is 0 Å². The second-order valence-corrected chi connectivity index (χ2v) is 6.17. The van der Waals surface area contributed by atoms with Crippen molar-refractivity contribution in [3.8, 4) is 11.5 Å². The van der Waals surface area contributed by atoms with Gasteiger partial charge in [-0.1, -0.05) is 42.0 Å². The Hall–Kier alpha value is -2.81. The lowest BCUT2D eigenvalue weighted by molar-refractivity contribution is 0.391. The fourth-order valence-corrected chi connectivity index (χ4v) is 2.80. The van der Waals surface area contributed by atoms with E-state index < -0.39 is 0 Å². The first-order valence-corrected chi connectivity index (χ1v) is 8.38. The SMILES string of the molecule is COc1ccc(Cc2ccc(Cc3ccc(C)cc3)nc2)c(OC)c1. The van der Waals surface area contributed by atoms with Gasteiger partial charge in [-0.15, -0.1) is 0 Å². The van der Waals surface area contributed by atoms with Crippen LogP contribution in [0.5, 0.6) is 11.5 Å². The van der Waals surface area contributed by atoms with Crippen molar-refractivity contribution in [2.75, 3.05) is 14.2 Å². The van der Waals surface area contributed by atoms with Crippen molar-refractivity contribution in [3.63, 3.8) is 0 Å². The van der Waals surface area contributed by atoms with Crippen molar-refractivity contribution in [2.45, 2.75) is 19.8 Å². The van der Waals surface area contributed by atoms with E-state index in [0.29, 0.717) is 0 Å². The van der Waals surface area contributed by atoms with E-state index in [4.69, 9.17) is 9.47 Å². The fourth-order valence-electron chi connectivity index (χ4n) is 2.80. The fraction of sp³-hybridized carbons (Fsp3) is 0.227. The molecule has 0 radical (unpaired) electrons. The maximum Gasteiger partial charge on any atom is 0.126 e. The van der Waals surface area contributed by atoms with Crippen LogP contribution in [-0.2, 0) is 12.8 Å². The largest absolute Gasteiger partial charge is 0.497 e. The standard InChI is InChI=1S/C22H23NO2/c1-16-4-6-17(7-5-16)13-20-10-8-18(15-23-20)12-19-9-11-21(24-2)14-22(19)25-3/h4-11,14-15H,12-13H2,1-3H3. The van der Waals surface area contributed by atoms with Gasteiger partial charge in [0.1, 0.15) is 11.5 Å². The number of aromatic nitrogens is 1. The van der Waals surface area contributed by atoms with Crippen LogP contribution in [0, 0.1) is 6.92 Å². The Balaban J connectivity index is 1.71. The van der Waals surface area contributed by atoms with Gasteiger partial charge in [-0.05, 0) is 35.7 Å². The molecular weight excluding hydrogens is 310 g/mol. The quantitative estimate of drug-likeness (QED) is 0.661. The first-order valence-electron chi connectivity index (χ1n) is 8.38. The van der Waals surface area contributed by atoms with Crippen LogP contribution in [0.1, 0.15) is 27.9 Å². The molecule has 0 N–H and O–H groups in total. The lowest BCUT2D eigenvalue weighted by Gasteiger charge is -2.10. The number of rotatable bonds is 6. The van der Waals surface area contributed by atoms with E-state index in [1.807, 2.05) is 24.4 Å². The van der Waals surface area contributed by atoms with Gasteiger partial charge >= 0.3 is 0 Å². The van der Waals surface area contributed by atoms with E-state index in [1.54, 1.807) is 14.2 Å². The molecule has 3 heteroatoms. The molecule has 0 bridgehead atoms. The molecule has 0 spiro atoms. The third kappa shape index (κ3) is 4.38. The van der Waals surface area contributed by atoms with Gasteiger partial charge in [0.15, 0.2) is 0 Å². The van der Waals surface area contributed by atoms with Crippen molar-refractivity contribution >= 4 is 0 Å². The molecule has 0 aliphatic carbocycles. The number of hydrogen-bond acceptors (Lipinski definition) is 3. The maximum absolute atomic E-state index is 5.47. The molecule has 0 amide bonds. The normalized spacial score (nSPS) is 10.5. The summed E-state index contributed by atoms with van der Waals surface area (Å²) >= 11 is 0. The number of benzene rings is 2. The summed E-state index contributed by atoms with van der Waals surface area (Å²) in [5.41, 5.74) is 5.92. The summed E-state index contributed by atoms with van der Waals surface area (Å²) in [5.74, 6) is 1.63. The smallest absolute Gasteiger partial charge is 0.126 e. The zero-order valence-electron chi connectivity index (χ0n) is 15.0. The molecule has 3 aromatic rings. The van der Waals surface area contributed by atoms with Crippen molar-refractivity contribution < 1.29 is 9.47 Å². The molecule has 3 nitrogen and oxygen atoms in total. The Morgan fingerprint density at radius 1 is 0.800 bits per heavy atom. The second kappa shape index (κ2) is 7.84. The van der Waals surface area contributed by atoms with Crippen molar-refractivity contribution in [2.24, 2.45) is 0 Å². The summed E-state index contributed by atoms with van der Waals surface area (Å²) in [5, 5.41) is 0. The molecule has 0 saturated heterocycles. The first-order chi connectivity index (χ1) is 12.2. The Kier molecular flexibility index (Phi) is 5.34. The number of methoxy groups -OCH3 is 2. The van der Waals surface area contributed by atoms with Crippen LogP contribution < -0.4 is 9.47 Å². The topological polar surface area (TPSA) is 31.4 Å². The van der Waals surface area contributed by atoms with Gasteiger partial charge in [0, 0.05) is 30.8 Å². The van der Waals surface area contributed by atoms with Crippen LogP contribution in [0.25, 0.3) is 0 Å². The average Bonchev–Trinajstić information content (AvgIpc) is 2.65. The Bertz CT molecular complexity index is 824. The molecule has 3 rings (SSSR count). The summed E-state index contributed by atoms with van der Waals surface area (Å²) in [6.45, 7) is 2.10. The van der Waals surface area contributed by atoms with Crippen molar-refractivity contribution in [3.05, 3.63) is 88.7 Å². The minimum absolute atomic E-state index is 0.783. The monoisotopic (exact) mass is 333 g/mol. The molecule has 0 unspecified atom stereocenters. The van der Waals surface area contributed by atoms with E-state index in [0.717, 1.165) is 41.2 Å². The van der Waals surface area contributed by atoms with Crippen LogP contribution in [-0.4, -0.2) is 19.2 Å². The molecule has 25 heavy (non-hydrogen) atoms. The van der Waals surface area contributed by atoms with Crippen LogP contribution in [0.2, 0.25) is 0 Å². The van der Waals surface area contributed by atoms with E-state index in [-0.39, 0.29) is 0 Å². The molecule has 1 heterocycles. The third-order valence-electron chi connectivity index (χ3n) is 4.28. The van der Waals surface area contributed by atoms with Gasteiger partial charge in [-0.25, -0.2) is 0 Å². The number of ether oxygens (including phenoxy) is 2. The minimum Gasteiger partial charge on any atom is -0.497 e. The van der Waals surface area contributed by atoms with E-state index in [2.05, 4.69) is 48.3 Å². The average molecular weight is 333 g/mol. The molecule has 2 aromatic carbocycles. The van der Waals surface area contributed by atoms with E-state index in [9.17, 15) is 0 Å². The lowest BCUT2D eigenvalue weighted by Crippen LogP contribution is -1.97. The lowest BCUT2D eigenvalue weighted by atomic mass is 10.0. The summed E-state index contributed by atoms with van der Waals surface area (Å²) in [6, 6.07) is 18.7. The summed E-state index contributed by atoms with van der Waals surface area (Å²) < 4.78 is 10.7. The summed E-state index contributed by atoms with van der Waals surface area (Å²) in [7, 11) is 3.34. The highest BCUT2D eigenvalue weighted by Gasteiger charge is 2.07. The van der Waals surface area contributed by atoms with Gasteiger partial charge in [0.2, 0.25) is 0 Å². The second-order valence-electron chi connectivity index (χ2n) is 6.17. The highest BCUT2D eigenvalue weighted by atomic mass is 16.5. The third-order valence-corrected chi connectivity index (χ3v) is 4.28. The number of aryl methyl sites for hydroxylation is 1.